The molecular weight excluding hydrogens is 401 g/mol. The molecule has 9 heteroatoms. The minimum atomic E-state index is -0.560. The largest absolute Gasteiger partial charge is 0.350 e. The van der Waals surface area contributed by atoms with E-state index in [2.05, 4.69) is 22.5 Å². The Kier molecular flexibility index (Phi) is 5.83. The molecule has 1 saturated heterocycles. The van der Waals surface area contributed by atoms with Crippen LogP contribution in [0.3, 0.4) is 0 Å². The summed E-state index contributed by atoms with van der Waals surface area (Å²) in [6.45, 7) is 4.76. The highest BCUT2D eigenvalue weighted by molar-refractivity contribution is 6.02. The number of benzene rings is 1. The van der Waals surface area contributed by atoms with Gasteiger partial charge in [0.05, 0.1) is 0 Å². The SMILES string of the molecule is Cc1cc(NC(=O)c2cc(-c3ccccc3F)no2)nn1CC(=O)N1CCCCC1C. The van der Waals surface area contributed by atoms with Crippen molar-refractivity contribution in [2.24, 2.45) is 0 Å². The summed E-state index contributed by atoms with van der Waals surface area (Å²) >= 11 is 0. The van der Waals surface area contributed by atoms with Crippen molar-refractivity contribution in [2.75, 3.05) is 11.9 Å². The van der Waals surface area contributed by atoms with Gasteiger partial charge in [-0.05, 0) is 45.2 Å². The summed E-state index contributed by atoms with van der Waals surface area (Å²) in [7, 11) is 0. The minimum absolute atomic E-state index is 0.0149. The number of nitrogens with zero attached hydrogens (tertiary/aromatic N) is 4. The average Bonchev–Trinajstić information content (AvgIpc) is 3.36. The normalized spacial score (nSPS) is 16.4. The molecule has 0 spiro atoms. The summed E-state index contributed by atoms with van der Waals surface area (Å²) in [5.74, 6) is -0.768. The Bertz CT molecular complexity index is 1110. The number of aromatic nitrogens is 3. The van der Waals surface area contributed by atoms with Crippen molar-refractivity contribution in [1.29, 1.82) is 0 Å². The van der Waals surface area contributed by atoms with Crippen LogP contribution in [-0.4, -0.2) is 44.2 Å². The second-order valence-corrected chi connectivity index (χ2v) is 7.77. The molecule has 162 valence electrons. The van der Waals surface area contributed by atoms with Crippen molar-refractivity contribution in [1.82, 2.24) is 19.8 Å². The first-order chi connectivity index (χ1) is 14.9. The molecule has 3 heterocycles. The van der Waals surface area contributed by atoms with Crippen LogP contribution in [0.1, 0.15) is 42.4 Å². The lowest BCUT2D eigenvalue weighted by atomic mass is 10.0. The molecule has 2 aromatic heterocycles. The van der Waals surface area contributed by atoms with E-state index in [1.54, 1.807) is 28.9 Å². The first-order valence-electron chi connectivity index (χ1n) is 10.3. The smallest absolute Gasteiger partial charge is 0.295 e. The van der Waals surface area contributed by atoms with Gasteiger partial charge in [0, 0.05) is 36.0 Å². The fourth-order valence-electron chi connectivity index (χ4n) is 3.77. The summed E-state index contributed by atoms with van der Waals surface area (Å²) in [5.41, 5.74) is 1.22. The van der Waals surface area contributed by atoms with Gasteiger partial charge < -0.3 is 14.7 Å². The van der Waals surface area contributed by atoms with Gasteiger partial charge in [0.15, 0.2) is 5.82 Å². The van der Waals surface area contributed by atoms with Gasteiger partial charge in [-0.1, -0.05) is 17.3 Å². The van der Waals surface area contributed by atoms with Crippen molar-refractivity contribution in [2.45, 2.75) is 45.7 Å². The third-order valence-electron chi connectivity index (χ3n) is 5.51. The zero-order chi connectivity index (χ0) is 22.0. The fraction of sp³-hybridized carbons (Fsp3) is 0.364. The first kappa shape index (κ1) is 20.8. The Hall–Kier alpha value is -3.49. The predicted octanol–water partition coefficient (Wildman–Crippen LogP) is 3.64. The van der Waals surface area contributed by atoms with Gasteiger partial charge in [-0.2, -0.15) is 5.10 Å². The van der Waals surface area contributed by atoms with Crippen molar-refractivity contribution in [3.05, 3.63) is 53.7 Å². The van der Waals surface area contributed by atoms with Gasteiger partial charge >= 0.3 is 0 Å². The molecule has 0 aliphatic carbocycles. The second kappa shape index (κ2) is 8.71. The predicted molar refractivity (Wildman–Crippen MR) is 112 cm³/mol. The monoisotopic (exact) mass is 425 g/mol. The molecule has 2 amide bonds. The molecule has 1 aliphatic rings. The summed E-state index contributed by atoms with van der Waals surface area (Å²) in [5, 5.41) is 10.7. The van der Waals surface area contributed by atoms with Gasteiger partial charge in [-0.15, -0.1) is 0 Å². The van der Waals surface area contributed by atoms with Gasteiger partial charge in [0.2, 0.25) is 11.7 Å². The first-order valence-corrected chi connectivity index (χ1v) is 10.3. The molecule has 0 radical (unpaired) electrons. The van der Waals surface area contributed by atoms with E-state index >= 15 is 0 Å². The topological polar surface area (TPSA) is 93.3 Å². The molecule has 1 unspecified atom stereocenters. The van der Waals surface area contributed by atoms with E-state index in [-0.39, 0.29) is 35.5 Å². The molecule has 1 atom stereocenters. The number of likely N-dealkylation sites (tertiary alicyclic amines) is 1. The molecule has 0 bridgehead atoms. The Labute approximate surface area is 179 Å². The Morgan fingerprint density at radius 2 is 2.06 bits per heavy atom. The van der Waals surface area contributed by atoms with Crippen LogP contribution in [0.15, 0.2) is 40.9 Å². The second-order valence-electron chi connectivity index (χ2n) is 7.77. The van der Waals surface area contributed by atoms with Gasteiger partial charge in [-0.3, -0.25) is 14.3 Å². The number of nitrogens with one attached hydrogen (secondary N) is 1. The van der Waals surface area contributed by atoms with E-state index in [0.29, 0.717) is 5.82 Å². The Morgan fingerprint density at radius 1 is 1.26 bits per heavy atom. The van der Waals surface area contributed by atoms with E-state index in [9.17, 15) is 14.0 Å². The van der Waals surface area contributed by atoms with E-state index < -0.39 is 11.7 Å². The van der Waals surface area contributed by atoms with Crippen molar-refractivity contribution >= 4 is 17.6 Å². The lowest BCUT2D eigenvalue weighted by Crippen LogP contribution is -2.43. The molecule has 1 N–H and O–H groups in total. The zero-order valence-electron chi connectivity index (χ0n) is 17.5. The summed E-state index contributed by atoms with van der Waals surface area (Å²) in [6.07, 6.45) is 3.17. The quantitative estimate of drug-likeness (QED) is 0.674. The molecule has 3 aromatic rings. The number of hydrogen-bond donors (Lipinski definition) is 1. The molecule has 1 aliphatic heterocycles. The number of carbonyl (C=O) groups excluding carboxylic acids is 2. The van der Waals surface area contributed by atoms with Crippen molar-refractivity contribution in [3.8, 4) is 11.3 Å². The van der Waals surface area contributed by atoms with Crippen LogP contribution in [0.4, 0.5) is 10.2 Å². The third-order valence-corrected chi connectivity index (χ3v) is 5.51. The average molecular weight is 425 g/mol. The van der Waals surface area contributed by atoms with Gasteiger partial charge in [0.1, 0.15) is 18.1 Å². The maximum Gasteiger partial charge on any atom is 0.295 e. The lowest BCUT2D eigenvalue weighted by Gasteiger charge is -2.33. The van der Waals surface area contributed by atoms with E-state index in [1.807, 2.05) is 11.8 Å². The van der Waals surface area contributed by atoms with Gasteiger partial charge in [-0.25, -0.2) is 4.39 Å². The maximum absolute atomic E-state index is 13.9. The Balaban J connectivity index is 1.43. The number of hydrogen-bond acceptors (Lipinski definition) is 5. The number of anilines is 1. The molecule has 1 fully saturated rings. The van der Waals surface area contributed by atoms with Crippen LogP contribution in [0.5, 0.6) is 0 Å². The van der Waals surface area contributed by atoms with E-state index in [0.717, 1.165) is 31.5 Å². The molecule has 1 aromatic carbocycles. The van der Waals surface area contributed by atoms with Crippen LogP contribution in [0.2, 0.25) is 0 Å². The van der Waals surface area contributed by atoms with E-state index in [4.69, 9.17) is 4.52 Å². The van der Waals surface area contributed by atoms with Crippen molar-refractivity contribution < 1.29 is 18.5 Å². The number of halogens is 1. The molecule has 0 saturated carbocycles. The molecular formula is C22H24FN5O3. The van der Waals surface area contributed by atoms with Crippen LogP contribution < -0.4 is 5.32 Å². The minimum Gasteiger partial charge on any atom is -0.350 e. The molecule has 31 heavy (non-hydrogen) atoms. The number of amides is 2. The summed E-state index contributed by atoms with van der Waals surface area (Å²) in [6, 6.07) is 9.39. The summed E-state index contributed by atoms with van der Waals surface area (Å²) in [4.78, 5) is 27.1. The highest BCUT2D eigenvalue weighted by Gasteiger charge is 2.24. The maximum atomic E-state index is 13.9. The highest BCUT2D eigenvalue weighted by atomic mass is 19.1. The summed E-state index contributed by atoms with van der Waals surface area (Å²) < 4.78 is 20.6. The molecule has 8 nitrogen and oxygen atoms in total. The lowest BCUT2D eigenvalue weighted by molar-refractivity contribution is -0.135. The van der Waals surface area contributed by atoms with Gasteiger partial charge in [0.25, 0.3) is 5.91 Å². The number of aryl methyl sites for hydroxylation is 1. The standard InChI is InChI=1S/C22H24FN5O3/c1-14-7-5-6-10-27(14)21(29)13-28-15(2)11-20(25-28)24-22(30)19-12-18(26-31-19)16-8-3-4-9-17(16)23/h3-4,8-9,11-12,14H,5-7,10,13H2,1-2H3,(H,24,25,30). The van der Waals surface area contributed by atoms with Crippen molar-refractivity contribution in [3.63, 3.8) is 0 Å². The fourth-order valence-corrected chi connectivity index (χ4v) is 3.77. The van der Waals surface area contributed by atoms with Crippen LogP contribution in [-0.2, 0) is 11.3 Å². The number of piperidine rings is 1. The zero-order valence-corrected chi connectivity index (χ0v) is 17.5. The highest BCUT2D eigenvalue weighted by Crippen LogP contribution is 2.23. The van der Waals surface area contributed by atoms with E-state index in [1.165, 1.54) is 12.1 Å². The molecule has 4 rings (SSSR count). The van der Waals surface area contributed by atoms with Crippen LogP contribution >= 0.6 is 0 Å². The number of carbonyl (C=O) groups is 2. The third kappa shape index (κ3) is 4.50. The Morgan fingerprint density at radius 3 is 2.84 bits per heavy atom. The van der Waals surface area contributed by atoms with Crippen LogP contribution in [0.25, 0.3) is 11.3 Å². The van der Waals surface area contributed by atoms with Crippen LogP contribution in [0, 0.1) is 12.7 Å². The number of rotatable bonds is 5.